The predicted octanol–water partition coefficient (Wildman–Crippen LogP) is 7.34. The largest absolute Gasteiger partial charge is 0.478 e. The Bertz CT molecular complexity index is 1530. The van der Waals surface area contributed by atoms with Gasteiger partial charge in [0.05, 0.1) is 27.2 Å². The number of nitrogens with one attached hydrogen (secondary N) is 1. The number of aromatic nitrogens is 2. The lowest BCUT2D eigenvalue weighted by atomic mass is 9.94. The summed E-state index contributed by atoms with van der Waals surface area (Å²) in [6.45, 7) is 4.02. The van der Waals surface area contributed by atoms with Gasteiger partial charge in [0, 0.05) is 28.9 Å². The molecule has 0 spiro atoms. The van der Waals surface area contributed by atoms with Gasteiger partial charge in [-0.15, -0.1) is 11.3 Å². The van der Waals surface area contributed by atoms with Gasteiger partial charge in [-0.3, -0.25) is 4.98 Å². The molecule has 0 aliphatic rings. The molecule has 0 radical (unpaired) electrons. The summed E-state index contributed by atoms with van der Waals surface area (Å²) in [7, 11) is 0. The summed E-state index contributed by atoms with van der Waals surface area (Å²) < 4.78 is 13.7. The monoisotopic (exact) mass is 483 g/mol. The number of aromatic carboxylic acids is 1. The third kappa shape index (κ3) is 4.50. The molecule has 0 saturated heterocycles. The number of carboxylic acid groups (broad SMARTS) is 1. The third-order valence-electron chi connectivity index (χ3n) is 5.93. The van der Waals surface area contributed by atoms with Gasteiger partial charge in [-0.25, -0.2) is 14.2 Å². The zero-order valence-electron chi connectivity index (χ0n) is 19.1. The fraction of sp³-hybridized carbons (Fsp3) is 0.107. The van der Waals surface area contributed by atoms with E-state index in [0.717, 1.165) is 43.7 Å². The number of halogens is 1. The Balaban J connectivity index is 1.69. The highest BCUT2D eigenvalue weighted by Crippen LogP contribution is 2.38. The minimum Gasteiger partial charge on any atom is -0.478 e. The Morgan fingerprint density at radius 3 is 2.57 bits per heavy atom. The van der Waals surface area contributed by atoms with Crippen molar-refractivity contribution in [2.75, 3.05) is 5.32 Å². The van der Waals surface area contributed by atoms with Gasteiger partial charge in [-0.1, -0.05) is 30.3 Å². The van der Waals surface area contributed by atoms with Crippen molar-refractivity contribution in [2.45, 2.75) is 19.9 Å². The SMILES string of the molecule is Cc1cc(C(C)Nc2ccccc2C(=O)O)c2cc(-c3ccc(F)cc3)c(-c3cncs3)nc2c1. The van der Waals surface area contributed by atoms with E-state index in [-0.39, 0.29) is 17.4 Å². The van der Waals surface area contributed by atoms with E-state index in [1.54, 1.807) is 42.0 Å². The van der Waals surface area contributed by atoms with Crippen LogP contribution in [0.1, 0.15) is 34.5 Å². The smallest absolute Gasteiger partial charge is 0.337 e. The van der Waals surface area contributed by atoms with Gasteiger partial charge in [0.2, 0.25) is 0 Å². The molecule has 1 unspecified atom stereocenters. The number of anilines is 1. The zero-order valence-corrected chi connectivity index (χ0v) is 19.9. The lowest BCUT2D eigenvalue weighted by molar-refractivity contribution is 0.0698. The number of aryl methyl sites for hydroxylation is 1. The van der Waals surface area contributed by atoms with E-state index in [2.05, 4.69) is 22.4 Å². The van der Waals surface area contributed by atoms with E-state index in [4.69, 9.17) is 4.98 Å². The van der Waals surface area contributed by atoms with Crippen LogP contribution >= 0.6 is 11.3 Å². The Labute approximate surface area is 205 Å². The quantitative estimate of drug-likeness (QED) is 0.264. The minimum atomic E-state index is -0.983. The summed E-state index contributed by atoms with van der Waals surface area (Å²) in [5, 5.41) is 13.9. The van der Waals surface area contributed by atoms with Crippen LogP contribution in [-0.4, -0.2) is 21.0 Å². The molecule has 7 heteroatoms. The van der Waals surface area contributed by atoms with E-state index in [1.165, 1.54) is 23.5 Å². The first-order valence-corrected chi connectivity index (χ1v) is 12.0. The average molecular weight is 484 g/mol. The van der Waals surface area contributed by atoms with Crippen molar-refractivity contribution in [3.05, 3.63) is 101 Å². The van der Waals surface area contributed by atoms with E-state index in [1.807, 2.05) is 26.0 Å². The second-order valence-electron chi connectivity index (χ2n) is 8.39. The van der Waals surface area contributed by atoms with Gasteiger partial charge in [0.15, 0.2) is 0 Å². The second kappa shape index (κ2) is 9.27. The number of hydrogen-bond donors (Lipinski definition) is 2. The van der Waals surface area contributed by atoms with Crippen LogP contribution in [0.4, 0.5) is 10.1 Å². The average Bonchev–Trinajstić information content (AvgIpc) is 3.38. The number of pyridine rings is 1. The summed E-state index contributed by atoms with van der Waals surface area (Å²) in [6.07, 6.45) is 1.79. The Kier molecular flexibility index (Phi) is 6.01. The molecule has 1 atom stereocenters. The summed E-state index contributed by atoms with van der Waals surface area (Å²) in [4.78, 5) is 21.9. The highest BCUT2D eigenvalue weighted by Gasteiger charge is 2.19. The van der Waals surface area contributed by atoms with Crippen LogP contribution < -0.4 is 5.32 Å². The molecule has 0 aliphatic carbocycles. The maximum absolute atomic E-state index is 13.7. The van der Waals surface area contributed by atoms with Crippen molar-refractivity contribution in [1.82, 2.24) is 9.97 Å². The normalized spacial score (nSPS) is 12.0. The summed E-state index contributed by atoms with van der Waals surface area (Å²) in [6, 6.07) is 19.3. The van der Waals surface area contributed by atoms with Crippen LogP contribution in [0.5, 0.6) is 0 Å². The van der Waals surface area contributed by atoms with Gasteiger partial charge >= 0.3 is 5.97 Å². The topological polar surface area (TPSA) is 75.1 Å². The molecular weight excluding hydrogens is 461 g/mol. The van der Waals surface area contributed by atoms with Crippen molar-refractivity contribution < 1.29 is 14.3 Å². The number of carbonyl (C=O) groups is 1. The molecule has 0 bridgehead atoms. The van der Waals surface area contributed by atoms with Crippen LogP contribution in [0.3, 0.4) is 0 Å². The number of benzene rings is 3. The van der Waals surface area contributed by atoms with Crippen LogP contribution in [0.15, 0.2) is 78.4 Å². The first-order chi connectivity index (χ1) is 16.9. The number of fused-ring (bicyclic) bond motifs is 1. The molecule has 5 nitrogen and oxygen atoms in total. The number of rotatable bonds is 6. The van der Waals surface area contributed by atoms with Crippen LogP contribution in [0, 0.1) is 12.7 Å². The molecule has 2 aromatic heterocycles. The molecule has 5 rings (SSSR count). The molecule has 0 amide bonds. The minimum absolute atomic E-state index is 0.199. The number of hydrogen-bond acceptors (Lipinski definition) is 5. The first-order valence-electron chi connectivity index (χ1n) is 11.1. The van der Waals surface area contributed by atoms with Crippen molar-refractivity contribution in [2.24, 2.45) is 0 Å². The van der Waals surface area contributed by atoms with Crippen LogP contribution in [0.2, 0.25) is 0 Å². The predicted molar refractivity (Wildman–Crippen MR) is 138 cm³/mol. The lowest BCUT2D eigenvalue weighted by Gasteiger charge is -2.21. The Morgan fingerprint density at radius 1 is 1.09 bits per heavy atom. The van der Waals surface area contributed by atoms with Crippen LogP contribution in [0.25, 0.3) is 32.6 Å². The summed E-state index contributed by atoms with van der Waals surface area (Å²) in [5.41, 5.74) is 7.93. The molecule has 3 aromatic carbocycles. The Morgan fingerprint density at radius 2 is 1.86 bits per heavy atom. The van der Waals surface area contributed by atoms with Gasteiger partial charge in [-0.05, 0) is 66.9 Å². The second-order valence-corrected chi connectivity index (χ2v) is 9.28. The maximum Gasteiger partial charge on any atom is 0.337 e. The molecule has 2 heterocycles. The molecule has 5 aromatic rings. The molecule has 35 heavy (non-hydrogen) atoms. The van der Waals surface area contributed by atoms with Gasteiger partial charge in [-0.2, -0.15) is 0 Å². The van der Waals surface area contributed by atoms with E-state index < -0.39 is 5.97 Å². The van der Waals surface area contributed by atoms with Crippen molar-refractivity contribution in [3.63, 3.8) is 0 Å². The standard InChI is InChI=1S/C28H22FN3O2S/c1-16-11-21(17(2)31-24-6-4-3-5-20(24)28(33)34)23-13-22(18-7-9-19(29)10-8-18)27(32-25(23)12-16)26-14-30-15-35-26/h3-15,17,31H,1-2H3,(H,33,34). The maximum atomic E-state index is 13.7. The highest BCUT2D eigenvalue weighted by atomic mass is 32.1. The van der Waals surface area contributed by atoms with Crippen LogP contribution in [-0.2, 0) is 0 Å². The number of thiazole rings is 1. The third-order valence-corrected chi connectivity index (χ3v) is 6.71. The fourth-order valence-electron chi connectivity index (χ4n) is 4.28. The van der Waals surface area contributed by atoms with Crippen molar-refractivity contribution >= 4 is 33.9 Å². The van der Waals surface area contributed by atoms with Gasteiger partial charge in [0.1, 0.15) is 5.82 Å². The van der Waals surface area contributed by atoms with E-state index in [0.29, 0.717) is 5.69 Å². The lowest BCUT2D eigenvalue weighted by Crippen LogP contribution is -2.11. The van der Waals surface area contributed by atoms with Crippen molar-refractivity contribution in [3.8, 4) is 21.7 Å². The van der Waals surface area contributed by atoms with Gasteiger partial charge in [0.25, 0.3) is 0 Å². The summed E-state index contributed by atoms with van der Waals surface area (Å²) >= 11 is 1.50. The van der Waals surface area contributed by atoms with Crippen molar-refractivity contribution in [1.29, 1.82) is 0 Å². The first kappa shape index (κ1) is 22.7. The number of para-hydroxylation sites is 1. The molecule has 0 aliphatic heterocycles. The van der Waals surface area contributed by atoms with Gasteiger partial charge < -0.3 is 10.4 Å². The molecular formula is C28H22FN3O2S. The number of carboxylic acids is 1. The zero-order chi connectivity index (χ0) is 24.5. The summed E-state index contributed by atoms with van der Waals surface area (Å²) in [5.74, 6) is -1.28. The van der Waals surface area contributed by atoms with E-state index >= 15 is 0 Å². The molecule has 2 N–H and O–H groups in total. The highest BCUT2D eigenvalue weighted by molar-refractivity contribution is 7.13. The molecule has 0 saturated carbocycles. The van der Waals surface area contributed by atoms with E-state index in [9.17, 15) is 14.3 Å². The Hall–Kier alpha value is -4.10. The fourth-order valence-corrected chi connectivity index (χ4v) is 4.91. The molecule has 174 valence electrons. The molecule has 0 fully saturated rings. The number of nitrogens with zero attached hydrogens (tertiary/aromatic N) is 2.